The molecule has 2 heterocycles. The second-order valence-corrected chi connectivity index (χ2v) is 8.12. The Morgan fingerprint density at radius 3 is 2.63 bits per heavy atom. The summed E-state index contributed by atoms with van der Waals surface area (Å²) < 4.78 is 5.52. The number of thioether (sulfide) groups is 1. The van der Waals surface area contributed by atoms with Crippen LogP contribution in [0.15, 0.2) is 54.6 Å². The van der Waals surface area contributed by atoms with Crippen molar-refractivity contribution in [2.45, 2.75) is 31.4 Å². The van der Waals surface area contributed by atoms with Crippen LogP contribution >= 0.6 is 11.8 Å². The van der Waals surface area contributed by atoms with Crippen LogP contribution in [0.25, 0.3) is 10.9 Å². The van der Waals surface area contributed by atoms with Gasteiger partial charge in [0.1, 0.15) is 11.1 Å². The van der Waals surface area contributed by atoms with E-state index < -0.39 is 0 Å². The summed E-state index contributed by atoms with van der Waals surface area (Å²) in [5, 5.41) is 0.891. The number of hydrogen-bond acceptors (Lipinski definition) is 4. The van der Waals surface area contributed by atoms with Crippen LogP contribution in [0.5, 0.6) is 5.75 Å². The standard InChI is InChI=1S/C22H22N2O2S/c1-4-26-18-9-7-17(8-10-18)24-21(25)15(3)27-22(24)20-12-6-16-13-14(2)5-11-19(16)23-20/h5-13,15,22H,4H2,1-3H3/t15-,22-/m0/s1. The van der Waals surface area contributed by atoms with Crippen LogP contribution in [0.1, 0.15) is 30.5 Å². The Labute approximate surface area is 163 Å². The summed E-state index contributed by atoms with van der Waals surface area (Å²) in [6.45, 7) is 6.62. The van der Waals surface area contributed by atoms with Gasteiger partial charge < -0.3 is 4.74 Å². The first kappa shape index (κ1) is 17.9. The van der Waals surface area contributed by atoms with Gasteiger partial charge in [-0.25, -0.2) is 4.98 Å². The van der Waals surface area contributed by atoms with Crippen LogP contribution in [-0.4, -0.2) is 22.7 Å². The molecule has 1 saturated heterocycles. The van der Waals surface area contributed by atoms with Crippen molar-refractivity contribution in [3.63, 3.8) is 0 Å². The van der Waals surface area contributed by atoms with Crippen molar-refractivity contribution >= 4 is 34.3 Å². The molecule has 27 heavy (non-hydrogen) atoms. The number of anilines is 1. The summed E-state index contributed by atoms with van der Waals surface area (Å²) in [6.07, 6.45) is 0. The highest BCUT2D eigenvalue weighted by molar-refractivity contribution is 8.01. The number of aryl methyl sites for hydroxylation is 1. The molecule has 0 radical (unpaired) electrons. The largest absolute Gasteiger partial charge is 0.494 e. The van der Waals surface area contributed by atoms with E-state index in [4.69, 9.17) is 9.72 Å². The zero-order valence-corrected chi connectivity index (χ0v) is 16.5. The van der Waals surface area contributed by atoms with Gasteiger partial charge in [0.15, 0.2) is 0 Å². The number of hydrogen-bond donors (Lipinski definition) is 0. The number of amides is 1. The lowest BCUT2D eigenvalue weighted by molar-refractivity contribution is -0.117. The summed E-state index contributed by atoms with van der Waals surface area (Å²) in [5.74, 6) is 0.921. The van der Waals surface area contributed by atoms with Gasteiger partial charge in [0.05, 0.1) is 23.1 Å². The highest BCUT2D eigenvalue weighted by atomic mass is 32.2. The molecule has 0 bridgehead atoms. The fourth-order valence-corrected chi connectivity index (χ4v) is 4.59. The zero-order valence-electron chi connectivity index (χ0n) is 15.7. The highest BCUT2D eigenvalue weighted by Gasteiger charge is 2.40. The predicted molar refractivity (Wildman–Crippen MR) is 111 cm³/mol. The Hall–Kier alpha value is -2.53. The number of rotatable bonds is 4. The maximum atomic E-state index is 12.9. The van der Waals surface area contributed by atoms with Crippen molar-refractivity contribution in [1.29, 1.82) is 0 Å². The zero-order chi connectivity index (χ0) is 19.0. The van der Waals surface area contributed by atoms with Gasteiger partial charge in [-0.05, 0) is 63.2 Å². The van der Waals surface area contributed by atoms with Gasteiger partial charge in [0.2, 0.25) is 5.91 Å². The summed E-state index contributed by atoms with van der Waals surface area (Å²) in [4.78, 5) is 19.6. The van der Waals surface area contributed by atoms with E-state index in [1.165, 1.54) is 5.56 Å². The molecule has 1 aliphatic rings. The quantitative estimate of drug-likeness (QED) is 0.633. The van der Waals surface area contributed by atoms with Crippen LogP contribution in [0.3, 0.4) is 0 Å². The first-order valence-electron chi connectivity index (χ1n) is 9.15. The molecule has 1 fully saturated rings. The Morgan fingerprint density at radius 2 is 1.89 bits per heavy atom. The number of ether oxygens (including phenoxy) is 1. The molecule has 0 aliphatic carbocycles. The van der Waals surface area contributed by atoms with E-state index >= 15 is 0 Å². The smallest absolute Gasteiger partial charge is 0.241 e. The van der Waals surface area contributed by atoms with E-state index in [1.807, 2.05) is 55.1 Å². The molecule has 3 aromatic rings. The minimum absolute atomic E-state index is 0.0999. The van der Waals surface area contributed by atoms with Crippen molar-refractivity contribution in [3.05, 3.63) is 65.9 Å². The molecular formula is C22H22N2O2S. The Bertz CT molecular complexity index is 987. The summed E-state index contributed by atoms with van der Waals surface area (Å²) in [6, 6.07) is 18.1. The SMILES string of the molecule is CCOc1ccc(N2C(=O)[C@H](C)S[C@H]2c2ccc3cc(C)ccc3n2)cc1. The number of aromatic nitrogens is 1. The van der Waals surface area contributed by atoms with Crippen LogP contribution in [-0.2, 0) is 4.79 Å². The van der Waals surface area contributed by atoms with Gasteiger partial charge in [-0.15, -0.1) is 11.8 Å². The predicted octanol–water partition coefficient (Wildman–Crippen LogP) is 5.11. The number of carbonyl (C=O) groups excluding carboxylic acids is 1. The molecular weight excluding hydrogens is 356 g/mol. The molecule has 2 aromatic carbocycles. The third-order valence-electron chi connectivity index (χ3n) is 4.70. The number of pyridine rings is 1. The van der Waals surface area contributed by atoms with Crippen LogP contribution in [0.2, 0.25) is 0 Å². The average molecular weight is 378 g/mol. The highest BCUT2D eigenvalue weighted by Crippen LogP contribution is 2.45. The van der Waals surface area contributed by atoms with Gasteiger partial charge >= 0.3 is 0 Å². The van der Waals surface area contributed by atoms with Crippen molar-refractivity contribution in [2.24, 2.45) is 0 Å². The molecule has 5 heteroatoms. The Balaban J connectivity index is 1.71. The van der Waals surface area contributed by atoms with Crippen LogP contribution < -0.4 is 9.64 Å². The summed E-state index contributed by atoms with van der Waals surface area (Å²) in [5.41, 5.74) is 3.95. The minimum atomic E-state index is -0.129. The van der Waals surface area contributed by atoms with E-state index in [0.717, 1.165) is 28.0 Å². The molecule has 0 saturated carbocycles. The molecule has 0 N–H and O–H groups in total. The number of nitrogens with zero attached hydrogens (tertiary/aromatic N) is 2. The lowest BCUT2D eigenvalue weighted by Gasteiger charge is -2.24. The molecule has 4 rings (SSSR count). The number of carbonyl (C=O) groups is 1. The van der Waals surface area contributed by atoms with Gasteiger partial charge in [-0.2, -0.15) is 0 Å². The van der Waals surface area contributed by atoms with Gasteiger partial charge in [-0.1, -0.05) is 17.7 Å². The topological polar surface area (TPSA) is 42.4 Å². The summed E-state index contributed by atoms with van der Waals surface area (Å²) in [7, 11) is 0. The molecule has 0 unspecified atom stereocenters. The van der Waals surface area contributed by atoms with Crippen LogP contribution in [0, 0.1) is 6.92 Å². The van der Waals surface area contributed by atoms with Crippen molar-refractivity contribution in [2.75, 3.05) is 11.5 Å². The minimum Gasteiger partial charge on any atom is -0.494 e. The van der Waals surface area contributed by atoms with Crippen molar-refractivity contribution in [3.8, 4) is 5.75 Å². The first-order valence-corrected chi connectivity index (χ1v) is 10.1. The van der Waals surface area contributed by atoms with Crippen molar-refractivity contribution in [1.82, 2.24) is 4.98 Å². The molecule has 4 nitrogen and oxygen atoms in total. The molecule has 1 aliphatic heterocycles. The molecule has 138 valence electrons. The lowest BCUT2D eigenvalue weighted by Crippen LogP contribution is -2.30. The molecule has 0 spiro atoms. The Kier molecular flexibility index (Phi) is 4.79. The molecule has 1 aromatic heterocycles. The van der Waals surface area contributed by atoms with Crippen LogP contribution in [0.4, 0.5) is 5.69 Å². The maximum absolute atomic E-state index is 12.9. The van der Waals surface area contributed by atoms with Gasteiger partial charge in [-0.3, -0.25) is 9.69 Å². The summed E-state index contributed by atoms with van der Waals surface area (Å²) >= 11 is 1.64. The fraction of sp³-hybridized carbons (Fsp3) is 0.273. The van der Waals surface area contributed by atoms with Gasteiger partial charge in [0.25, 0.3) is 0 Å². The number of benzene rings is 2. The van der Waals surface area contributed by atoms with Gasteiger partial charge in [0, 0.05) is 11.1 Å². The fourth-order valence-electron chi connectivity index (χ4n) is 3.36. The van der Waals surface area contributed by atoms with E-state index in [-0.39, 0.29) is 16.5 Å². The van der Waals surface area contributed by atoms with E-state index in [2.05, 4.69) is 25.1 Å². The third-order valence-corrected chi connectivity index (χ3v) is 6.02. The van der Waals surface area contributed by atoms with E-state index in [0.29, 0.717) is 6.61 Å². The van der Waals surface area contributed by atoms with E-state index in [9.17, 15) is 4.79 Å². The lowest BCUT2D eigenvalue weighted by atomic mass is 10.1. The van der Waals surface area contributed by atoms with Crippen molar-refractivity contribution < 1.29 is 9.53 Å². The third kappa shape index (κ3) is 3.39. The molecule has 2 atom stereocenters. The molecule has 1 amide bonds. The Morgan fingerprint density at radius 1 is 1.11 bits per heavy atom. The second-order valence-electron chi connectivity index (χ2n) is 6.70. The van der Waals surface area contributed by atoms with E-state index in [1.54, 1.807) is 11.8 Å². The maximum Gasteiger partial charge on any atom is 0.241 e. The number of fused-ring (bicyclic) bond motifs is 1. The monoisotopic (exact) mass is 378 g/mol. The normalized spacial score (nSPS) is 19.7. The second kappa shape index (κ2) is 7.24. The average Bonchev–Trinajstić information content (AvgIpc) is 2.97. The first-order chi connectivity index (χ1) is 13.1.